The molecule has 0 aliphatic heterocycles. The number of hydrogen-bond acceptors (Lipinski definition) is 5. The number of nitrogens with one attached hydrogen (secondary N) is 2. The van der Waals surface area contributed by atoms with Gasteiger partial charge < -0.3 is 15.2 Å². The zero-order valence-corrected chi connectivity index (χ0v) is 17.5. The molecule has 7 nitrogen and oxygen atoms in total. The van der Waals surface area contributed by atoms with Crippen LogP contribution in [-0.2, 0) is 4.74 Å². The Kier molecular flexibility index (Phi) is 6.13. The van der Waals surface area contributed by atoms with Crippen LogP contribution in [0.3, 0.4) is 0 Å². The van der Waals surface area contributed by atoms with Gasteiger partial charge in [-0.1, -0.05) is 37.1 Å². The van der Waals surface area contributed by atoms with Gasteiger partial charge >= 0.3 is 0 Å². The van der Waals surface area contributed by atoms with E-state index in [4.69, 9.17) is 25.6 Å². The van der Waals surface area contributed by atoms with Gasteiger partial charge in [0.05, 0.1) is 22.9 Å². The average molecular weight is 418 g/mol. The molecule has 1 aliphatic rings. The third-order valence-electron chi connectivity index (χ3n) is 5.53. The minimum Gasteiger partial charge on any atom is -0.467 e. The zero-order chi connectivity index (χ0) is 21.8. The number of amides is 1. The second-order valence-electron chi connectivity index (χ2n) is 7.75. The highest BCUT2D eigenvalue weighted by molar-refractivity contribution is 6.12. The van der Waals surface area contributed by atoms with Crippen LogP contribution in [0.5, 0.6) is 5.75 Å². The van der Waals surface area contributed by atoms with E-state index in [0.717, 1.165) is 24.0 Å². The smallest absolute Gasteiger partial charge is 0.258 e. The number of guanidine groups is 1. The fraction of sp³-hybridized carbons (Fsp3) is 0.292. The molecule has 1 aliphatic carbocycles. The summed E-state index contributed by atoms with van der Waals surface area (Å²) in [5, 5.41) is 10.4. The number of fused-ring (bicyclic) bond motifs is 1. The summed E-state index contributed by atoms with van der Waals surface area (Å²) in [5.74, 6) is -0.234. The van der Waals surface area contributed by atoms with Gasteiger partial charge in [-0.3, -0.25) is 15.5 Å². The van der Waals surface area contributed by atoms with E-state index in [9.17, 15) is 4.79 Å². The molecule has 3 aromatic rings. The number of pyridine rings is 1. The lowest BCUT2D eigenvalue weighted by Crippen LogP contribution is -2.35. The Balaban J connectivity index is 1.69. The summed E-state index contributed by atoms with van der Waals surface area (Å²) < 4.78 is 11.6. The van der Waals surface area contributed by atoms with Crippen LogP contribution in [0.15, 0.2) is 48.5 Å². The largest absolute Gasteiger partial charge is 0.467 e. The minimum atomic E-state index is -0.451. The molecule has 4 N–H and O–H groups in total. The fourth-order valence-electron chi connectivity index (χ4n) is 3.93. The SMILES string of the molecule is Cc1ccccc1-c1cc(C(=O)NC(=N)N)c2ccc(OCOC3CCCC3)cc2n1. The van der Waals surface area contributed by atoms with E-state index in [2.05, 4.69) is 5.32 Å². The Hall–Kier alpha value is -3.45. The van der Waals surface area contributed by atoms with E-state index in [1.54, 1.807) is 24.3 Å². The molecule has 1 heterocycles. The van der Waals surface area contributed by atoms with Crippen molar-refractivity contribution in [2.45, 2.75) is 38.7 Å². The van der Waals surface area contributed by atoms with Crippen molar-refractivity contribution in [3.05, 3.63) is 59.7 Å². The monoisotopic (exact) mass is 418 g/mol. The summed E-state index contributed by atoms with van der Waals surface area (Å²) in [6.07, 6.45) is 4.84. The van der Waals surface area contributed by atoms with E-state index in [0.29, 0.717) is 27.9 Å². The third kappa shape index (κ3) is 4.83. The maximum atomic E-state index is 12.7. The first-order chi connectivity index (χ1) is 15.0. The quantitative estimate of drug-likeness (QED) is 0.317. The lowest BCUT2D eigenvalue weighted by molar-refractivity contribution is -0.0324. The van der Waals surface area contributed by atoms with Crippen molar-refractivity contribution in [3.63, 3.8) is 0 Å². The van der Waals surface area contributed by atoms with Gasteiger partial charge in [-0.05, 0) is 43.5 Å². The highest BCUT2D eigenvalue weighted by Crippen LogP contribution is 2.29. The molecule has 1 amide bonds. The summed E-state index contributed by atoms with van der Waals surface area (Å²) in [6, 6.07) is 15.0. The van der Waals surface area contributed by atoms with Crippen LogP contribution in [0.25, 0.3) is 22.2 Å². The van der Waals surface area contributed by atoms with Crippen molar-refractivity contribution in [2.24, 2.45) is 5.73 Å². The number of benzene rings is 2. The molecule has 0 unspecified atom stereocenters. The van der Waals surface area contributed by atoms with Crippen molar-refractivity contribution < 1.29 is 14.3 Å². The van der Waals surface area contributed by atoms with Gasteiger partial charge in [-0.15, -0.1) is 0 Å². The van der Waals surface area contributed by atoms with Crippen molar-refractivity contribution in [2.75, 3.05) is 6.79 Å². The van der Waals surface area contributed by atoms with Crippen LogP contribution in [0.4, 0.5) is 0 Å². The molecular weight excluding hydrogens is 392 g/mol. The molecule has 7 heteroatoms. The van der Waals surface area contributed by atoms with Crippen LogP contribution in [0.2, 0.25) is 0 Å². The molecule has 0 bridgehead atoms. The number of carbonyl (C=O) groups is 1. The summed E-state index contributed by atoms with van der Waals surface area (Å²) in [7, 11) is 0. The topological polar surface area (TPSA) is 110 Å². The standard InChI is InChI=1S/C24H26N4O3/c1-15-6-2-5-9-18(15)22-13-20(23(29)28-24(25)26)19-11-10-17(12-21(19)27-22)31-14-30-16-7-3-4-8-16/h2,5-6,9-13,16H,3-4,7-8,14H2,1H3,(H4,25,26,28,29). The fourth-order valence-corrected chi connectivity index (χ4v) is 3.93. The predicted octanol–water partition coefficient (Wildman–Crippen LogP) is 4.13. The second kappa shape index (κ2) is 9.14. The van der Waals surface area contributed by atoms with E-state index < -0.39 is 11.9 Å². The summed E-state index contributed by atoms with van der Waals surface area (Å²) >= 11 is 0. The number of rotatable bonds is 6. The number of ether oxygens (including phenoxy) is 2. The van der Waals surface area contributed by atoms with E-state index >= 15 is 0 Å². The number of nitrogens with two attached hydrogens (primary N) is 1. The molecule has 31 heavy (non-hydrogen) atoms. The van der Waals surface area contributed by atoms with Crippen molar-refractivity contribution in [3.8, 4) is 17.0 Å². The number of carbonyl (C=O) groups excluding carboxylic acids is 1. The van der Waals surface area contributed by atoms with Crippen LogP contribution in [0, 0.1) is 12.3 Å². The predicted molar refractivity (Wildman–Crippen MR) is 120 cm³/mol. The molecule has 1 fully saturated rings. The van der Waals surface area contributed by atoms with Gasteiger partial charge in [0.25, 0.3) is 5.91 Å². The van der Waals surface area contributed by atoms with Crippen LogP contribution in [-0.4, -0.2) is 29.7 Å². The lowest BCUT2D eigenvalue weighted by Gasteiger charge is -2.14. The first-order valence-corrected chi connectivity index (χ1v) is 10.4. The number of hydrogen-bond donors (Lipinski definition) is 3. The molecule has 0 saturated heterocycles. The lowest BCUT2D eigenvalue weighted by atomic mass is 10.0. The van der Waals surface area contributed by atoms with Crippen LogP contribution in [0.1, 0.15) is 41.6 Å². The summed E-state index contributed by atoms with van der Waals surface area (Å²) in [4.78, 5) is 17.5. The van der Waals surface area contributed by atoms with E-state index in [-0.39, 0.29) is 12.9 Å². The Bertz CT molecular complexity index is 1120. The van der Waals surface area contributed by atoms with Crippen LogP contribution >= 0.6 is 0 Å². The van der Waals surface area contributed by atoms with E-state index in [1.807, 2.05) is 31.2 Å². The van der Waals surface area contributed by atoms with Crippen LogP contribution < -0.4 is 15.8 Å². The van der Waals surface area contributed by atoms with Crippen molar-refractivity contribution >= 4 is 22.8 Å². The molecule has 0 spiro atoms. The Morgan fingerprint density at radius 1 is 1.19 bits per heavy atom. The molecule has 2 aromatic carbocycles. The van der Waals surface area contributed by atoms with Crippen molar-refractivity contribution in [1.82, 2.24) is 10.3 Å². The molecule has 1 aromatic heterocycles. The average Bonchev–Trinajstić information content (AvgIpc) is 3.26. The second-order valence-corrected chi connectivity index (χ2v) is 7.75. The normalized spacial score (nSPS) is 14.0. The molecule has 160 valence electrons. The number of nitrogens with zero attached hydrogens (tertiary/aromatic N) is 1. The minimum absolute atomic E-state index is 0.186. The molecule has 0 radical (unpaired) electrons. The van der Waals surface area contributed by atoms with Gasteiger partial charge in [0.15, 0.2) is 12.8 Å². The molecule has 0 atom stereocenters. The highest BCUT2D eigenvalue weighted by Gasteiger charge is 2.17. The van der Waals surface area contributed by atoms with Gasteiger partial charge in [0.1, 0.15) is 5.75 Å². The maximum absolute atomic E-state index is 12.7. The number of aromatic nitrogens is 1. The molecule has 1 saturated carbocycles. The van der Waals surface area contributed by atoms with E-state index in [1.165, 1.54) is 12.8 Å². The highest BCUT2D eigenvalue weighted by atomic mass is 16.7. The molecular formula is C24H26N4O3. The van der Waals surface area contributed by atoms with Gasteiger partial charge in [-0.2, -0.15) is 0 Å². The van der Waals surface area contributed by atoms with Gasteiger partial charge in [0.2, 0.25) is 0 Å². The molecule has 4 rings (SSSR count). The Labute approximate surface area is 181 Å². The first kappa shape index (κ1) is 20.8. The summed E-state index contributed by atoms with van der Waals surface area (Å²) in [6.45, 7) is 2.18. The first-order valence-electron chi connectivity index (χ1n) is 10.4. The summed E-state index contributed by atoms with van der Waals surface area (Å²) in [5.41, 5.74) is 9.03. The Morgan fingerprint density at radius 3 is 2.71 bits per heavy atom. The number of aryl methyl sites for hydroxylation is 1. The van der Waals surface area contributed by atoms with Crippen molar-refractivity contribution in [1.29, 1.82) is 5.41 Å². The maximum Gasteiger partial charge on any atom is 0.258 e. The van der Waals surface area contributed by atoms with Gasteiger partial charge in [0, 0.05) is 17.0 Å². The third-order valence-corrected chi connectivity index (χ3v) is 5.53. The van der Waals surface area contributed by atoms with Gasteiger partial charge in [-0.25, -0.2) is 4.98 Å². The zero-order valence-electron chi connectivity index (χ0n) is 17.5. The Morgan fingerprint density at radius 2 is 1.97 bits per heavy atom.